The molecule has 306 valence electrons. The predicted molar refractivity (Wildman–Crippen MR) is 265 cm³/mol. The minimum atomic E-state index is -0.0795. The van der Waals surface area contributed by atoms with E-state index >= 15 is 0 Å². The van der Waals surface area contributed by atoms with Crippen LogP contribution in [0, 0.1) is 0 Å². The Bertz CT molecular complexity index is 3100. The molecule has 2 aliphatic carbocycles. The molecular formula is C60H56N2. The molecule has 0 spiro atoms. The van der Waals surface area contributed by atoms with Crippen LogP contribution in [-0.2, 0) is 10.8 Å². The Morgan fingerprint density at radius 1 is 0.323 bits per heavy atom. The summed E-state index contributed by atoms with van der Waals surface area (Å²) in [4.78, 5) is 5.26. The molecule has 2 aliphatic heterocycles. The zero-order valence-corrected chi connectivity index (χ0v) is 36.8. The molecule has 0 amide bonds. The lowest BCUT2D eigenvalue weighted by molar-refractivity contribution is 0.578. The minimum Gasteiger partial charge on any atom is -0.372 e. The highest BCUT2D eigenvalue weighted by atomic mass is 15.1. The van der Waals surface area contributed by atoms with Gasteiger partial charge in [-0.15, -0.1) is 0 Å². The van der Waals surface area contributed by atoms with Crippen LogP contribution in [0.1, 0.15) is 88.5 Å². The van der Waals surface area contributed by atoms with Crippen LogP contribution in [0.2, 0.25) is 0 Å². The zero-order chi connectivity index (χ0) is 41.7. The lowest BCUT2D eigenvalue weighted by Crippen LogP contribution is -2.29. The molecule has 0 radical (unpaired) electrons. The standard InChI is InChI=1S/C60H56N2/c1-59(2)53-20-9-7-18-45(53)47-26-22-40(35-55(47)59)39-16-15-17-41(34-39)57-49-28-24-44(62-32-13-6-14-33-62)38-52(49)58(50-29-25-43(37-51(50)57)61-30-11-5-12-31-61)42-23-27-48-46-19-8-10-21-54(46)60(3,4)56(48)36-42/h7-10,15-29,34-38H,5-6,11-14,30-33H2,1-4H3. The molecule has 0 saturated carbocycles. The van der Waals surface area contributed by atoms with E-state index in [4.69, 9.17) is 0 Å². The van der Waals surface area contributed by atoms with Crippen LogP contribution >= 0.6 is 0 Å². The third kappa shape index (κ3) is 5.75. The predicted octanol–water partition coefficient (Wildman–Crippen LogP) is 15.6. The van der Waals surface area contributed by atoms with E-state index in [0.717, 1.165) is 26.2 Å². The van der Waals surface area contributed by atoms with Gasteiger partial charge in [0, 0.05) is 48.4 Å². The van der Waals surface area contributed by atoms with Crippen molar-refractivity contribution in [3.63, 3.8) is 0 Å². The molecule has 8 aromatic rings. The summed E-state index contributed by atoms with van der Waals surface area (Å²) in [6.45, 7) is 14.1. The Morgan fingerprint density at radius 2 is 0.742 bits per heavy atom. The monoisotopic (exact) mass is 804 g/mol. The first-order valence-electron chi connectivity index (χ1n) is 23.4. The second-order valence-electron chi connectivity index (χ2n) is 19.7. The molecule has 0 bridgehead atoms. The Hall–Kier alpha value is -6.12. The van der Waals surface area contributed by atoms with Gasteiger partial charge >= 0.3 is 0 Å². The van der Waals surface area contributed by atoms with Gasteiger partial charge in [-0.05, 0) is 180 Å². The van der Waals surface area contributed by atoms with Crippen LogP contribution in [0.5, 0.6) is 0 Å². The van der Waals surface area contributed by atoms with Crippen molar-refractivity contribution >= 4 is 32.9 Å². The van der Waals surface area contributed by atoms with Gasteiger partial charge in [0.1, 0.15) is 0 Å². The summed E-state index contributed by atoms with van der Waals surface area (Å²) in [5.41, 5.74) is 21.6. The number of rotatable bonds is 5. The largest absolute Gasteiger partial charge is 0.372 e. The molecule has 12 rings (SSSR count). The van der Waals surface area contributed by atoms with Gasteiger partial charge < -0.3 is 9.80 Å². The molecular weight excluding hydrogens is 749 g/mol. The maximum absolute atomic E-state index is 2.63. The molecule has 0 unspecified atom stereocenters. The summed E-state index contributed by atoms with van der Waals surface area (Å²) < 4.78 is 0. The Balaban J connectivity index is 1.10. The average Bonchev–Trinajstić information content (AvgIpc) is 3.69. The molecule has 4 aliphatic rings. The van der Waals surface area contributed by atoms with Crippen LogP contribution < -0.4 is 9.80 Å². The second kappa shape index (κ2) is 14.2. The van der Waals surface area contributed by atoms with E-state index in [-0.39, 0.29) is 10.8 Å². The molecule has 2 nitrogen and oxygen atoms in total. The van der Waals surface area contributed by atoms with Gasteiger partial charge in [0.2, 0.25) is 0 Å². The number of benzene rings is 8. The molecule has 2 heterocycles. The van der Waals surface area contributed by atoms with E-state index in [9.17, 15) is 0 Å². The highest BCUT2D eigenvalue weighted by Gasteiger charge is 2.37. The molecule has 62 heavy (non-hydrogen) atoms. The van der Waals surface area contributed by atoms with Crippen molar-refractivity contribution in [1.82, 2.24) is 0 Å². The number of hydrogen-bond donors (Lipinski definition) is 0. The lowest BCUT2D eigenvalue weighted by atomic mass is 9.80. The van der Waals surface area contributed by atoms with Gasteiger partial charge in [-0.3, -0.25) is 0 Å². The fourth-order valence-corrected chi connectivity index (χ4v) is 12.1. The lowest BCUT2D eigenvalue weighted by Gasteiger charge is -2.30. The van der Waals surface area contributed by atoms with Crippen molar-refractivity contribution in [1.29, 1.82) is 0 Å². The van der Waals surface area contributed by atoms with Gasteiger partial charge in [-0.2, -0.15) is 0 Å². The molecule has 2 fully saturated rings. The molecule has 0 aromatic heterocycles. The Labute approximate surface area is 367 Å². The molecule has 2 saturated heterocycles. The van der Waals surface area contributed by atoms with Crippen molar-refractivity contribution in [2.45, 2.75) is 77.0 Å². The Morgan fingerprint density at radius 3 is 1.27 bits per heavy atom. The number of piperidine rings is 2. The number of anilines is 2. The van der Waals surface area contributed by atoms with E-state index in [1.54, 1.807) is 0 Å². The molecule has 8 aromatic carbocycles. The minimum absolute atomic E-state index is 0.0474. The molecule has 0 atom stereocenters. The maximum Gasteiger partial charge on any atom is 0.0372 e. The first kappa shape index (κ1) is 37.6. The zero-order valence-electron chi connectivity index (χ0n) is 36.8. The van der Waals surface area contributed by atoms with Crippen molar-refractivity contribution in [2.75, 3.05) is 36.0 Å². The second-order valence-corrected chi connectivity index (χ2v) is 19.7. The van der Waals surface area contributed by atoms with E-state index in [1.807, 2.05) is 0 Å². The summed E-state index contributed by atoms with van der Waals surface area (Å²) in [5.74, 6) is 0. The van der Waals surface area contributed by atoms with E-state index in [0.29, 0.717) is 0 Å². The van der Waals surface area contributed by atoms with Crippen LogP contribution in [-0.4, -0.2) is 26.2 Å². The quantitative estimate of drug-likeness (QED) is 0.160. The first-order valence-corrected chi connectivity index (χ1v) is 23.4. The fraction of sp³-hybridized carbons (Fsp3) is 0.267. The molecule has 0 N–H and O–H groups in total. The van der Waals surface area contributed by atoms with E-state index in [2.05, 4.69) is 183 Å². The topological polar surface area (TPSA) is 6.48 Å². The van der Waals surface area contributed by atoms with Gasteiger partial charge in [0.05, 0.1) is 0 Å². The average molecular weight is 805 g/mol. The third-order valence-corrected chi connectivity index (χ3v) is 15.5. The van der Waals surface area contributed by atoms with Crippen LogP contribution in [0.4, 0.5) is 11.4 Å². The van der Waals surface area contributed by atoms with Gasteiger partial charge in [0.15, 0.2) is 0 Å². The summed E-state index contributed by atoms with van der Waals surface area (Å²) in [5, 5.41) is 5.35. The third-order valence-electron chi connectivity index (χ3n) is 15.5. The van der Waals surface area contributed by atoms with Gasteiger partial charge in [-0.1, -0.05) is 131 Å². The molecule has 2 heteroatoms. The van der Waals surface area contributed by atoms with E-state index in [1.165, 1.54) is 149 Å². The van der Waals surface area contributed by atoms with Crippen molar-refractivity contribution in [3.8, 4) is 55.6 Å². The smallest absolute Gasteiger partial charge is 0.0372 e. The number of nitrogens with zero attached hydrogens (tertiary/aromatic N) is 2. The fourth-order valence-electron chi connectivity index (χ4n) is 12.1. The number of fused-ring (bicyclic) bond motifs is 8. The highest BCUT2D eigenvalue weighted by Crippen LogP contribution is 2.53. The van der Waals surface area contributed by atoms with Crippen LogP contribution in [0.15, 0.2) is 146 Å². The van der Waals surface area contributed by atoms with Crippen molar-refractivity contribution < 1.29 is 0 Å². The SMILES string of the molecule is CC1(C)c2ccccc2-c2ccc(-c3cccc(-c4c5ccc(N6CCCCC6)cc5c(-c5ccc6c(c5)C(C)(C)c5ccccc5-6)c5ccc(N6CCCCC6)cc45)c3)cc21. The van der Waals surface area contributed by atoms with Gasteiger partial charge in [-0.25, -0.2) is 0 Å². The maximum atomic E-state index is 2.63. The highest BCUT2D eigenvalue weighted by molar-refractivity contribution is 6.22. The van der Waals surface area contributed by atoms with Crippen molar-refractivity contribution in [3.05, 3.63) is 168 Å². The summed E-state index contributed by atoms with van der Waals surface area (Å²) >= 11 is 0. The summed E-state index contributed by atoms with van der Waals surface area (Å²) in [7, 11) is 0. The van der Waals surface area contributed by atoms with E-state index < -0.39 is 0 Å². The van der Waals surface area contributed by atoms with Crippen LogP contribution in [0.25, 0.3) is 77.2 Å². The normalized spacial score (nSPS) is 17.2. The summed E-state index contributed by atoms with van der Waals surface area (Å²) in [6, 6.07) is 56.9. The van der Waals surface area contributed by atoms with Crippen molar-refractivity contribution in [2.24, 2.45) is 0 Å². The van der Waals surface area contributed by atoms with Crippen LogP contribution in [0.3, 0.4) is 0 Å². The summed E-state index contributed by atoms with van der Waals surface area (Å²) in [6.07, 6.45) is 7.66. The first-order chi connectivity index (χ1) is 30.3. The number of hydrogen-bond acceptors (Lipinski definition) is 2. The Kier molecular flexibility index (Phi) is 8.62. The van der Waals surface area contributed by atoms with Gasteiger partial charge in [0.25, 0.3) is 0 Å².